The quantitative estimate of drug-likeness (QED) is 0.600. The maximum absolute atomic E-state index is 12.9. The highest BCUT2D eigenvalue weighted by atomic mass is 16.5. The molecule has 164 valence electrons. The maximum atomic E-state index is 12.9. The van der Waals surface area contributed by atoms with Crippen LogP contribution in [-0.4, -0.2) is 63.6 Å². The minimum Gasteiger partial charge on any atom is -0.497 e. The maximum Gasteiger partial charge on any atom is 0.254 e. The van der Waals surface area contributed by atoms with Gasteiger partial charge in [0.25, 0.3) is 5.56 Å². The number of aromatic nitrogens is 4. The molecule has 2 aliphatic heterocycles. The first-order chi connectivity index (χ1) is 15.6. The van der Waals surface area contributed by atoms with Gasteiger partial charge < -0.3 is 14.5 Å². The summed E-state index contributed by atoms with van der Waals surface area (Å²) < 4.78 is 6.53. The molecule has 0 radical (unpaired) electrons. The van der Waals surface area contributed by atoms with Gasteiger partial charge in [0.05, 0.1) is 25.3 Å². The Kier molecular flexibility index (Phi) is 5.30. The van der Waals surface area contributed by atoms with Crippen LogP contribution in [0.3, 0.4) is 0 Å². The third kappa shape index (κ3) is 3.93. The fraction of sp³-hybridized carbons (Fsp3) is 0.348. The predicted octanol–water partition coefficient (Wildman–Crippen LogP) is 1.30. The zero-order valence-corrected chi connectivity index (χ0v) is 17.8. The number of benzene rings is 1. The van der Waals surface area contributed by atoms with Crippen LogP contribution in [-0.2, 0) is 11.3 Å². The van der Waals surface area contributed by atoms with E-state index in [9.17, 15) is 9.59 Å². The first-order valence-electron chi connectivity index (χ1n) is 10.6. The molecule has 0 N–H and O–H groups in total. The predicted molar refractivity (Wildman–Crippen MR) is 118 cm³/mol. The minimum absolute atomic E-state index is 0.00202. The number of rotatable bonds is 5. The van der Waals surface area contributed by atoms with Crippen molar-refractivity contribution in [3.05, 3.63) is 65.6 Å². The van der Waals surface area contributed by atoms with Gasteiger partial charge >= 0.3 is 0 Å². The Balaban J connectivity index is 1.21. The van der Waals surface area contributed by atoms with E-state index in [1.165, 1.54) is 17.0 Å². The monoisotopic (exact) mass is 432 g/mol. The smallest absolute Gasteiger partial charge is 0.254 e. The molecular weight excluding hydrogens is 408 g/mol. The molecule has 3 aromatic rings. The van der Waals surface area contributed by atoms with Crippen molar-refractivity contribution in [2.75, 3.05) is 38.2 Å². The molecule has 0 bridgehead atoms. The fourth-order valence-electron chi connectivity index (χ4n) is 4.55. The second-order valence-corrected chi connectivity index (χ2v) is 8.26. The van der Waals surface area contributed by atoms with Crippen molar-refractivity contribution in [2.24, 2.45) is 11.8 Å². The lowest BCUT2D eigenvalue weighted by molar-refractivity contribution is -0.131. The van der Waals surface area contributed by atoms with Gasteiger partial charge in [-0.1, -0.05) is 0 Å². The number of anilines is 1. The van der Waals surface area contributed by atoms with Gasteiger partial charge in [0.2, 0.25) is 5.91 Å². The Hall–Kier alpha value is -3.75. The van der Waals surface area contributed by atoms with Crippen molar-refractivity contribution >= 4 is 11.7 Å². The number of nitrogens with zero attached hydrogens (tertiary/aromatic N) is 6. The highest BCUT2D eigenvalue weighted by Gasteiger charge is 2.41. The van der Waals surface area contributed by atoms with Crippen LogP contribution >= 0.6 is 0 Å². The van der Waals surface area contributed by atoms with E-state index in [0.29, 0.717) is 30.6 Å². The number of fused-ring (bicyclic) bond motifs is 1. The molecule has 0 aliphatic carbocycles. The molecular formula is C23H24N6O3. The van der Waals surface area contributed by atoms with Crippen molar-refractivity contribution in [3.63, 3.8) is 0 Å². The van der Waals surface area contributed by atoms with E-state index in [1.54, 1.807) is 25.7 Å². The number of carbonyl (C=O) groups is 1. The molecule has 1 amide bonds. The molecule has 2 saturated heterocycles. The third-order valence-electron chi connectivity index (χ3n) is 6.28. The van der Waals surface area contributed by atoms with Crippen molar-refractivity contribution < 1.29 is 9.53 Å². The van der Waals surface area contributed by atoms with Crippen LogP contribution in [0.4, 0.5) is 5.82 Å². The van der Waals surface area contributed by atoms with Gasteiger partial charge in [-0.25, -0.2) is 9.97 Å². The molecule has 0 spiro atoms. The Labute approximate surface area is 185 Å². The zero-order valence-electron chi connectivity index (χ0n) is 17.8. The first-order valence-corrected chi connectivity index (χ1v) is 10.6. The van der Waals surface area contributed by atoms with E-state index in [2.05, 4.69) is 19.9 Å². The van der Waals surface area contributed by atoms with Crippen LogP contribution in [0.2, 0.25) is 0 Å². The topological polar surface area (TPSA) is 93.5 Å². The molecule has 9 heteroatoms. The molecule has 2 fully saturated rings. The summed E-state index contributed by atoms with van der Waals surface area (Å²) >= 11 is 0. The molecule has 2 unspecified atom stereocenters. The number of carbonyl (C=O) groups excluding carboxylic acids is 1. The van der Waals surface area contributed by atoms with Crippen LogP contribution in [0.25, 0.3) is 11.3 Å². The van der Waals surface area contributed by atoms with Crippen molar-refractivity contribution in [3.8, 4) is 17.0 Å². The Morgan fingerprint density at radius 1 is 1.06 bits per heavy atom. The summed E-state index contributed by atoms with van der Waals surface area (Å²) in [5.41, 5.74) is 1.15. The number of hydrogen-bond acceptors (Lipinski definition) is 7. The molecule has 32 heavy (non-hydrogen) atoms. The summed E-state index contributed by atoms with van der Waals surface area (Å²) in [6.45, 7) is 3.14. The zero-order chi connectivity index (χ0) is 22.1. The van der Waals surface area contributed by atoms with E-state index in [1.807, 2.05) is 29.2 Å². The van der Waals surface area contributed by atoms with E-state index in [-0.39, 0.29) is 18.0 Å². The lowest BCUT2D eigenvalue weighted by Crippen LogP contribution is -2.37. The SMILES string of the molecule is COc1ccc(-c2cc(=O)n(CC(=O)N3CC4CN(c5cnccn5)CC4C3)cn2)cc1. The normalized spacial score (nSPS) is 19.8. The second kappa shape index (κ2) is 8.41. The van der Waals surface area contributed by atoms with Gasteiger partial charge in [-0.05, 0) is 24.3 Å². The van der Waals surface area contributed by atoms with E-state index < -0.39 is 0 Å². The lowest BCUT2D eigenvalue weighted by Gasteiger charge is -2.22. The molecule has 1 aromatic carbocycles. The van der Waals surface area contributed by atoms with Gasteiger partial charge in [-0.15, -0.1) is 0 Å². The lowest BCUT2D eigenvalue weighted by atomic mass is 10.0. The van der Waals surface area contributed by atoms with Crippen LogP contribution < -0.4 is 15.2 Å². The standard InChI is InChI=1S/C23H24N6O3/c1-32-19-4-2-16(3-5-19)20-8-22(30)29(15-26-20)14-23(31)28-12-17-10-27(11-18(17)13-28)21-9-24-6-7-25-21/h2-9,15,17-18H,10-14H2,1H3. The number of hydrogen-bond donors (Lipinski definition) is 0. The second-order valence-electron chi connectivity index (χ2n) is 8.26. The number of methoxy groups -OCH3 is 1. The van der Waals surface area contributed by atoms with Gasteiger partial charge in [0.15, 0.2) is 0 Å². The Bertz CT molecular complexity index is 1150. The van der Waals surface area contributed by atoms with Gasteiger partial charge in [0, 0.05) is 62.0 Å². The molecule has 5 rings (SSSR count). The first kappa shape index (κ1) is 20.2. The number of amides is 1. The number of ether oxygens (including phenoxy) is 1. The minimum atomic E-state index is -0.243. The summed E-state index contributed by atoms with van der Waals surface area (Å²) in [5.74, 6) is 2.39. The molecule has 2 atom stereocenters. The molecule has 2 aliphatic rings. The average Bonchev–Trinajstić information content (AvgIpc) is 3.41. The van der Waals surface area contributed by atoms with Crippen LogP contribution in [0, 0.1) is 11.8 Å². The third-order valence-corrected chi connectivity index (χ3v) is 6.28. The van der Waals surface area contributed by atoms with Crippen molar-refractivity contribution in [2.45, 2.75) is 6.54 Å². The molecule has 4 heterocycles. The Morgan fingerprint density at radius 3 is 2.44 bits per heavy atom. The van der Waals surface area contributed by atoms with Crippen LogP contribution in [0.1, 0.15) is 0 Å². The van der Waals surface area contributed by atoms with Gasteiger partial charge in [-0.2, -0.15) is 0 Å². The molecule has 2 aromatic heterocycles. The fourth-order valence-corrected chi connectivity index (χ4v) is 4.55. The summed E-state index contributed by atoms with van der Waals surface area (Å²) in [6, 6.07) is 8.81. The van der Waals surface area contributed by atoms with Gasteiger partial charge in [-0.3, -0.25) is 19.1 Å². The molecule has 9 nitrogen and oxygen atoms in total. The highest BCUT2D eigenvalue weighted by molar-refractivity contribution is 5.76. The van der Waals surface area contributed by atoms with Crippen molar-refractivity contribution in [1.82, 2.24) is 24.4 Å². The number of likely N-dealkylation sites (tertiary alicyclic amines) is 1. The largest absolute Gasteiger partial charge is 0.497 e. The van der Waals surface area contributed by atoms with E-state index in [0.717, 1.165) is 30.2 Å². The summed E-state index contributed by atoms with van der Waals surface area (Å²) in [4.78, 5) is 42.5. The highest BCUT2D eigenvalue weighted by Crippen LogP contribution is 2.33. The van der Waals surface area contributed by atoms with E-state index in [4.69, 9.17) is 4.74 Å². The molecule has 0 saturated carbocycles. The van der Waals surface area contributed by atoms with Crippen LogP contribution in [0.5, 0.6) is 5.75 Å². The summed E-state index contributed by atoms with van der Waals surface area (Å²) in [7, 11) is 1.60. The van der Waals surface area contributed by atoms with Crippen LogP contribution in [0.15, 0.2) is 60.0 Å². The summed E-state index contributed by atoms with van der Waals surface area (Å²) in [6.07, 6.45) is 6.59. The van der Waals surface area contributed by atoms with E-state index >= 15 is 0 Å². The Morgan fingerprint density at radius 2 is 1.81 bits per heavy atom. The van der Waals surface area contributed by atoms with Gasteiger partial charge in [0.1, 0.15) is 18.1 Å². The van der Waals surface area contributed by atoms with Crippen molar-refractivity contribution in [1.29, 1.82) is 0 Å². The summed E-state index contributed by atoms with van der Waals surface area (Å²) in [5, 5.41) is 0. The average molecular weight is 432 g/mol.